The van der Waals surface area contributed by atoms with E-state index in [4.69, 9.17) is 5.73 Å². The fraction of sp³-hybridized carbons (Fsp3) is 0.533. The quantitative estimate of drug-likeness (QED) is 0.713. The van der Waals surface area contributed by atoms with Gasteiger partial charge in [0.2, 0.25) is 0 Å². The van der Waals surface area contributed by atoms with Crippen molar-refractivity contribution in [3.05, 3.63) is 23.8 Å². The van der Waals surface area contributed by atoms with Gasteiger partial charge in [0, 0.05) is 38.4 Å². The summed E-state index contributed by atoms with van der Waals surface area (Å²) in [4.78, 5) is 15.5. The number of piperazine rings is 1. The maximum atomic E-state index is 11.3. The molecule has 0 unspecified atom stereocenters. The van der Waals surface area contributed by atoms with E-state index in [0.29, 0.717) is 17.9 Å². The van der Waals surface area contributed by atoms with Crippen molar-refractivity contribution >= 4 is 17.3 Å². The molecular weight excluding hydrogens is 270 g/mol. The molecule has 1 saturated heterocycles. The number of rotatable bonds is 4. The summed E-state index contributed by atoms with van der Waals surface area (Å²) in [6.07, 6.45) is 0. The van der Waals surface area contributed by atoms with Gasteiger partial charge in [-0.25, -0.2) is 4.79 Å². The van der Waals surface area contributed by atoms with Crippen molar-refractivity contribution in [3.63, 3.8) is 0 Å². The molecule has 6 nitrogen and oxygen atoms in total. The van der Waals surface area contributed by atoms with Gasteiger partial charge in [-0.15, -0.1) is 0 Å². The summed E-state index contributed by atoms with van der Waals surface area (Å²) in [6, 6.07) is 4.88. The normalized spacial score (nSPS) is 17.0. The van der Waals surface area contributed by atoms with Crippen LogP contribution in [0, 0.1) is 0 Å². The van der Waals surface area contributed by atoms with Gasteiger partial charge >= 0.3 is 5.97 Å². The Bertz CT molecular complexity index is 517. The first-order chi connectivity index (χ1) is 9.76. The number of carboxylic acids is 1. The minimum Gasteiger partial charge on any atom is -0.478 e. The minimum atomic E-state index is -0.941. The molecule has 116 valence electrons. The topological polar surface area (TPSA) is 90.0 Å². The van der Waals surface area contributed by atoms with E-state index in [2.05, 4.69) is 4.90 Å². The van der Waals surface area contributed by atoms with Crippen LogP contribution in [0.3, 0.4) is 0 Å². The lowest BCUT2D eigenvalue weighted by molar-refractivity contribution is 0.0345. The van der Waals surface area contributed by atoms with Crippen LogP contribution in [-0.2, 0) is 0 Å². The predicted molar refractivity (Wildman–Crippen MR) is 82.8 cm³/mol. The first-order valence-electron chi connectivity index (χ1n) is 7.09. The SMILES string of the molecule is CC(C)(O)CN1CCN(c2cc(N)ccc2C(=O)O)CC1. The summed E-state index contributed by atoms with van der Waals surface area (Å²) in [5.74, 6) is -0.941. The number of nitrogens with zero attached hydrogens (tertiary/aromatic N) is 2. The third-order valence-electron chi connectivity index (χ3n) is 3.58. The van der Waals surface area contributed by atoms with Gasteiger partial charge in [-0.05, 0) is 32.0 Å². The van der Waals surface area contributed by atoms with Gasteiger partial charge < -0.3 is 20.8 Å². The third-order valence-corrected chi connectivity index (χ3v) is 3.58. The Kier molecular flexibility index (Phi) is 4.39. The van der Waals surface area contributed by atoms with E-state index in [1.54, 1.807) is 32.0 Å². The molecule has 0 amide bonds. The Morgan fingerprint density at radius 3 is 2.43 bits per heavy atom. The van der Waals surface area contributed by atoms with E-state index < -0.39 is 11.6 Å². The second-order valence-corrected chi connectivity index (χ2v) is 6.16. The molecule has 21 heavy (non-hydrogen) atoms. The number of hydrogen-bond donors (Lipinski definition) is 3. The van der Waals surface area contributed by atoms with Crippen LogP contribution < -0.4 is 10.6 Å². The van der Waals surface area contributed by atoms with Crippen LogP contribution in [-0.4, -0.2) is 59.4 Å². The highest BCUT2D eigenvalue weighted by Gasteiger charge is 2.24. The van der Waals surface area contributed by atoms with E-state index in [-0.39, 0.29) is 5.56 Å². The maximum Gasteiger partial charge on any atom is 0.337 e. The van der Waals surface area contributed by atoms with Crippen molar-refractivity contribution < 1.29 is 15.0 Å². The number of nitrogen functional groups attached to an aromatic ring is 1. The molecule has 1 fully saturated rings. The summed E-state index contributed by atoms with van der Waals surface area (Å²) in [5.41, 5.74) is 6.58. The third kappa shape index (κ3) is 4.09. The van der Waals surface area contributed by atoms with Crippen LogP contribution >= 0.6 is 0 Å². The zero-order valence-corrected chi connectivity index (χ0v) is 12.5. The van der Waals surface area contributed by atoms with Gasteiger partial charge in [-0.2, -0.15) is 0 Å². The van der Waals surface area contributed by atoms with Crippen molar-refractivity contribution in [1.82, 2.24) is 4.90 Å². The Hall–Kier alpha value is -1.79. The summed E-state index contributed by atoms with van der Waals surface area (Å²) in [6.45, 7) is 7.22. The van der Waals surface area contributed by atoms with Crippen LogP contribution in [0.15, 0.2) is 18.2 Å². The molecule has 1 heterocycles. The van der Waals surface area contributed by atoms with E-state index >= 15 is 0 Å². The van der Waals surface area contributed by atoms with E-state index in [1.807, 2.05) is 4.90 Å². The number of hydrogen-bond acceptors (Lipinski definition) is 5. The summed E-state index contributed by atoms with van der Waals surface area (Å²) in [5, 5.41) is 19.1. The second-order valence-electron chi connectivity index (χ2n) is 6.16. The van der Waals surface area contributed by atoms with Crippen molar-refractivity contribution in [2.75, 3.05) is 43.4 Å². The zero-order valence-electron chi connectivity index (χ0n) is 12.5. The Labute approximate surface area is 124 Å². The Morgan fingerprint density at radius 1 is 1.29 bits per heavy atom. The number of β-amino-alcohol motifs (C(OH)–C–C–N with tert-alkyl or cyclic N) is 1. The highest BCUT2D eigenvalue weighted by Crippen LogP contribution is 2.25. The van der Waals surface area contributed by atoms with Crippen LogP contribution in [0.2, 0.25) is 0 Å². The average molecular weight is 293 g/mol. The lowest BCUT2D eigenvalue weighted by Gasteiger charge is -2.38. The maximum absolute atomic E-state index is 11.3. The number of aromatic carboxylic acids is 1. The number of nitrogens with two attached hydrogens (primary N) is 1. The molecule has 0 bridgehead atoms. The Morgan fingerprint density at radius 2 is 1.90 bits per heavy atom. The lowest BCUT2D eigenvalue weighted by Crippen LogP contribution is -2.50. The predicted octanol–water partition coefficient (Wildman–Crippen LogP) is 0.860. The first kappa shape index (κ1) is 15.6. The zero-order chi connectivity index (χ0) is 15.6. The number of carbonyl (C=O) groups is 1. The molecule has 1 aromatic carbocycles. The second kappa shape index (κ2) is 5.91. The minimum absolute atomic E-state index is 0.278. The first-order valence-corrected chi connectivity index (χ1v) is 7.09. The highest BCUT2D eigenvalue weighted by molar-refractivity contribution is 5.95. The molecule has 6 heteroatoms. The number of benzene rings is 1. The van der Waals surface area contributed by atoms with Gasteiger partial charge in [-0.1, -0.05) is 0 Å². The molecule has 4 N–H and O–H groups in total. The molecular formula is C15H23N3O3. The fourth-order valence-corrected chi connectivity index (χ4v) is 2.69. The number of aliphatic hydroxyl groups is 1. The lowest BCUT2D eigenvalue weighted by atomic mass is 10.1. The summed E-state index contributed by atoms with van der Waals surface area (Å²) < 4.78 is 0. The molecule has 1 aliphatic rings. The van der Waals surface area contributed by atoms with E-state index in [1.165, 1.54) is 0 Å². The molecule has 0 spiro atoms. The van der Waals surface area contributed by atoms with Gasteiger partial charge in [0.15, 0.2) is 0 Å². The number of carboxylic acid groups (broad SMARTS) is 1. The van der Waals surface area contributed by atoms with Crippen LogP contribution in [0.5, 0.6) is 0 Å². The smallest absolute Gasteiger partial charge is 0.337 e. The van der Waals surface area contributed by atoms with Crippen molar-refractivity contribution in [3.8, 4) is 0 Å². The average Bonchev–Trinajstić information content (AvgIpc) is 2.37. The monoisotopic (exact) mass is 293 g/mol. The Balaban J connectivity index is 2.09. The molecule has 0 atom stereocenters. The molecule has 0 aromatic heterocycles. The summed E-state index contributed by atoms with van der Waals surface area (Å²) >= 11 is 0. The van der Waals surface area contributed by atoms with Crippen molar-refractivity contribution in [1.29, 1.82) is 0 Å². The van der Waals surface area contributed by atoms with Crippen molar-refractivity contribution in [2.24, 2.45) is 0 Å². The van der Waals surface area contributed by atoms with E-state index in [9.17, 15) is 15.0 Å². The van der Waals surface area contributed by atoms with Crippen LogP contribution in [0.4, 0.5) is 11.4 Å². The van der Waals surface area contributed by atoms with Crippen molar-refractivity contribution in [2.45, 2.75) is 19.4 Å². The molecule has 0 radical (unpaired) electrons. The van der Waals surface area contributed by atoms with Gasteiger partial charge in [0.1, 0.15) is 0 Å². The highest BCUT2D eigenvalue weighted by atomic mass is 16.4. The van der Waals surface area contributed by atoms with Crippen LogP contribution in [0.25, 0.3) is 0 Å². The molecule has 1 aromatic rings. The molecule has 2 rings (SSSR count). The van der Waals surface area contributed by atoms with E-state index in [0.717, 1.165) is 26.2 Å². The standard InChI is InChI=1S/C15H23N3O3/c1-15(2,21)10-17-5-7-18(8-6-17)13-9-11(16)3-4-12(13)14(19)20/h3-4,9,21H,5-8,10,16H2,1-2H3,(H,19,20). The molecule has 0 aliphatic carbocycles. The van der Waals surface area contributed by atoms with Gasteiger partial charge in [-0.3, -0.25) is 4.90 Å². The van der Waals surface area contributed by atoms with Gasteiger partial charge in [0.05, 0.1) is 16.9 Å². The fourth-order valence-electron chi connectivity index (χ4n) is 2.69. The van der Waals surface area contributed by atoms with Crippen LogP contribution in [0.1, 0.15) is 24.2 Å². The number of anilines is 2. The van der Waals surface area contributed by atoms with Gasteiger partial charge in [0.25, 0.3) is 0 Å². The molecule has 1 aliphatic heterocycles. The largest absolute Gasteiger partial charge is 0.478 e. The molecule has 0 saturated carbocycles. The summed E-state index contributed by atoms with van der Waals surface area (Å²) in [7, 11) is 0.